The molecule has 0 heterocycles. The van der Waals surface area contributed by atoms with Gasteiger partial charge >= 0.3 is 0 Å². The Hall–Kier alpha value is -3.36. The van der Waals surface area contributed by atoms with Crippen LogP contribution in [-0.4, -0.2) is 44.3 Å². The van der Waals surface area contributed by atoms with Crippen molar-refractivity contribution in [2.75, 3.05) is 17.4 Å². The molecule has 1 atom stereocenters. The Morgan fingerprint density at radius 1 is 0.950 bits per heavy atom. The van der Waals surface area contributed by atoms with Gasteiger partial charge in [-0.1, -0.05) is 86.0 Å². The second kappa shape index (κ2) is 14.3. The fourth-order valence-electron chi connectivity index (χ4n) is 4.52. The number of halogens is 1. The van der Waals surface area contributed by atoms with Gasteiger partial charge in [0.05, 0.1) is 10.6 Å². The number of amides is 2. The minimum Gasteiger partial charge on any atom is -0.354 e. The van der Waals surface area contributed by atoms with Crippen molar-refractivity contribution in [1.82, 2.24) is 10.2 Å². The molecule has 3 rings (SSSR count). The van der Waals surface area contributed by atoms with E-state index in [1.807, 2.05) is 45.0 Å². The summed E-state index contributed by atoms with van der Waals surface area (Å²) in [5.74, 6) is -0.744. The zero-order valence-corrected chi connectivity index (χ0v) is 25.1. The number of carbonyl (C=O) groups excluding carboxylic acids is 2. The highest BCUT2D eigenvalue weighted by Gasteiger charge is 2.34. The van der Waals surface area contributed by atoms with E-state index in [1.54, 1.807) is 43.3 Å². The lowest BCUT2D eigenvalue weighted by Gasteiger charge is -2.33. The summed E-state index contributed by atoms with van der Waals surface area (Å²) in [6.45, 7) is 7.78. The van der Waals surface area contributed by atoms with Crippen LogP contribution in [-0.2, 0) is 26.2 Å². The van der Waals surface area contributed by atoms with Crippen molar-refractivity contribution >= 4 is 39.1 Å². The second-order valence-electron chi connectivity index (χ2n) is 9.83. The summed E-state index contributed by atoms with van der Waals surface area (Å²) >= 11 is 6.28. The van der Waals surface area contributed by atoms with E-state index in [1.165, 1.54) is 17.0 Å². The first-order valence-electron chi connectivity index (χ1n) is 13.5. The first-order valence-corrected chi connectivity index (χ1v) is 15.4. The highest BCUT2D eigenvalue weighted by Crippen LogP contribution is 2.30. The van der Waals surface area contributed by atoms with E-state index in [2.05, 4.69) is 5.32 Å². The second-order valence-corrected chi connectivity index (χ2v) is 12.1. The number of anilines is 1. The van der Waals surface area contributed by atoms with Crippen LogP contribution in [0.25, 0.3) is 0 Å². The average molecular weight is 584 g/mol. The Morgan fingerprint density at radius 2 is 1.68 bits per heavy atom. The van der Waals surface area contributed by atoms with Gasteiger partial charge < -0.3 is 10.2 Å². The average Bonchev–Trinajstić information content (AvgIpc) is 2.93. The zero-order chi connectivity index (χ0) is 29.3. The van der Waals surface area contributed by atoms with Crippen molar-refractivity contribution < 1.29 is 18.0 Å². The fourth-order valence-corrected chi connectivity index (χ4v) is 6.18. The molecule has 2 amide bonds. The third kappa shape index (κ3) is 7.86. The highest BCUT2D eigenvalue weighted by atomic mass is 35.5. The van der Waals surface area contributed by atoms with Crippen LogP contribution in [0.2, 0.25) is 5.02 Å². The van der Waals surface area contributed by atoms with E-state index in [-0.39, 0.29) is 17.3 Å². The van der Waals surface area contributed by atoms with Crippen LogP contribution in [0.5, 0.6) is 0 Å². The monoisotopic (exact) mass is 583 g/mol. The maximum absolute atomic E-state index is 14.1. The summed E-state index contributed by atoms with van der Waals surface area (Å²) in [7, 11) is -4.15. The standard InChI is InChI=1S/C31H38ClN3O4S/c1-5-7-18-33-31(37)28(6-2)34(21-25-13-11-12-23(3)19-25)30(36)22-35(29-20-26(32)17-16-24(29)4)40(38,39)27-14-9-8-10-15-27/h8-17,19-20,28H,5-7,18,21-22H2,1-4H3,(H,33,37)/t28-/m0/s1. The van der Waals surface area contributed by atoms with Crippen LogP contribution in [0.15, 0.2) is 77.7 Å². The number of sulfonamides is 1. The molecule has 9 heteroatoms. The summed E-state index contributed by atoms with van der Waals surface area (Å²) in [6, 6.07) is 19.9. The van der Waals surface area contributed by atoms with Crippen molar-refractivity contribution in [3.63, 3.8) is 0 Å². The lowest BCUT2D eigenvalue weighted by Crippen LogP contribution is -2.52. The molecule has 214 valence electrons. The third-order valence-corrected chi connectivity index (χ3v) is 8.71. The van der Waals surface area contributed by atoms with Gasteiger partial charge in [-0.05, 0) is 62.1 Å². The molecule has 7 nitrogen and oxygen atoms in total. The predicted octanol–water partition coefficient (Wildman–Crippen LogP) is 5.88. The number of rotatable bonds is 13. The largest absolute Gasteiger partial charge is 0.354 e. The summed E-state index contributed by atoms with van der Waals surface area (Å²) < 4.78 is 29.0. The van der Waals surface area contributed by atoms with E-state index in [0.29, 0.717) is 29.2 Å². The minimum absolute atomic E-state index is 0.0526. The SMILES string of the molecule is CCCCNC(=O)[C@H](CC)N(Cc1cccc(C)c1)C(=O)CN(c1cc(Cl)ccc1C)S(=O)(=O)c1ccccc1. The van der Waals surface area contributed by atoms with Gasteiger partial charge in [0.15, 0.2) is 0 Å². The third-order valence-electron chi connectivity index (χ3n) is 6.70. The number of hydrogen-bond donors (Lipinski definition) is 1. The van der Waals surface area contributed by atoms with Crippen LogP contribution in [0.1, 0.15) is 49.8 Å². The Labute approximate surface area is 243 Å². The fraction of sp³-hybridized carbons (Fsp3) is 0.355. The molecule has 0 spiro atoms. The molecule has 0 fully saturated rings. The van der Waals surface area contributed by atoms with E-state index >= 15 is 0 Å². The van der Waals surface area contributed by atoms with Gasteiger partial charge in [-0.2, -0.15) is 0 Å². The van der Waals surface area contributed by atoms with Gasteiger partial charge in [0.1, 0.15) is 12.6 Å². The molecular formula is C31H38ClN3O4S. The quantitative estimate of drug-likeness (QED) is 0.255. The molecule has 0 unspecified atom stereocenters. The molecule has 0 bridgehead atoms. The summed E-state index contributed by atoms with van der Waals surface area (Å²) in [6.07, 6.45) is 2.12. The molecule has 0 aliphatic carbocycles. The molecule has 0 saturated heterocycles. The molecule has 3 aromatic carbocycles. The Morgan fingerprint density at radius 3 is 2.33 bits per heavy atom. The molecule has 0 radical (unpaired) electrons. The van der Waals surface area contributed by atoms with E-state index in [9.17, 15) is 18.0 Å². The van der Waals surface area contributed by atoms with Crippen LogP contribution >= 0.6 is 11.6 Å². The Kier molecular flexibility index (Phi) is 11.2. The van der Waals surface area contributed by atoms with Gasteiger partial charge in [0.25, 0.3) is 10.0 Å². The van der Waals surface area contributed by atoms with Gasteiger partial charge in [-0.3, -0.25) is 13.9 Å². The maximum atomic E-state index is 14.1. The normalized spacial score (nSPS) is 12.0. The Balaban J connectivity index is 2.07. The van der Waals surface area contributed by atoms with E-state index < -0.39 is 28.5 Å². The minimum atomic E-state index is -4.15. The summed E-state index contributed by atoms with van der Waals surface area (Å²) in [4.78, 5) is 28.9. The first-order chi connectivity index (χ1) is 19.1. The molecule has 0 aliphatic heterocycles. The number of nitrogens with zero attached hydrogens (tertiary/aromatic N) is 2. The van der Waals surface area contributed by atoms with Crippen molar-refractivity contribution in [3.8, 4) is 0 Å². The van der Waals surface area contributed by atoms with Crippen LogP contribution in [0.3, 0.4) is 0 Å². The van der Waals surface area contributed by atoms with Crippen molar-refractivity contribution in [1.29, 1.82) is 0 Å². The molecule has 3 aromatic rings. The zero-order valence-electron chi connectivity index (χ0n) is 23.6. The molecule has 0 saturated carbocycles. The van der Waals surface area contributed by atoms with Crippen molar-refractivity contribution in [2.45, 2.75) is 64.4 Å². The van der Waals surface area contributed by atoms with Crippen LogP contribution < -0.4 is 9.62 Å². The summed E-state index contributed by atoms with van der Waals surface area (Å²) in [5.41, 5.74) is 2.82. The topological polar surface area (TPSA) is 86.8 Å². The van der Waals surface area contributed by atoms with Crippen LogP contribution in [0.4, 0.5) is 5.69 Å². The molecule has 40 heavy (non-hydrogen) atoms. The Bertz CT molecular complexity index is 1410. The number of aryl methyl sites for hydroxylation is 2. The molecule has 0 aromatic heterocycles. The number of carbonyl (C=O) groups is 2. The maximum Gasteiger partial charge on any atom is 0.264 e. The number of benzene rings is 3. The molecule has 0 aliphatic rings. The van der Waals surface area contributed by atoms with Gasteiger partial charge in [0.2, 0.25) is 11.8 Å². The summed E-state index contributed by atoms with van der Waals surface area (Å²) in [5, 5.41) is 3.29. The van der Waals surface area contributed by atoms with Crippen LogP contribution in [0, 0.1) is 13.8 Å². The number of hydrogen-bond acceptors (Lipinski definition) is 4. The number of unbranched alkanes of at least 4 members (excludes halogenated alkanes) is 1. The highest BCUT2D eigenvalue weighted by molar-refractivity contribution is 7.92. The molecule has 1 N–H and O–H groups in total. The van der Waals surface area contributed by atoms with Gasteiger partial charge in [0, 0.05) is 18.1 Å². The smallest absolute Gasteiger partial charge is 0.264 e. The molecular weight excluding hydrogens is 546 g/mol. The first kappa shape index (κ1) is 31.2. The van der Waals surface area contributed by atoms with E-state index in [0.717, 1.165) is 28.3 Å². The number of nitrogens with one attached hydrogen (secondary N) is 1. The lowest BCUT2D eigenvalue weighted by molar-refractivity contribution is -0.140. The van der Waals surface area contributed by atoms with E-state index in [4.69, 9.17) is 11.6 Å². The lowest BCUT2D eigenvalue weighted by atomic mass is 10.1. The van der Waals surface area contributed by atoms with Gasteiger partial charge in [-0.15, -0.1) is 0 Å². The van der Waals surface area contributed by atoms with Crippen molar-refractivity contribution in [2.24, 2.45) is 0 Å². The van der Waals surface area contributed by atoms with Crippen molar-refractivity contribution in [3.05, 3.63) is 94.5 Å². The van der Waals surface area contributed by atoms with Gasteiger partial charge in [-0.25, -0.2) is 8.42 Å². The predicted molar refractivity (Wildman–Crippen MR) is 161 cm³/mol.